The van der Waals surface area contributed by atoms with Crippen molar-refractivity contribution in [2.45, 2.75) is 63.5 Å². The predicted molar refractivity (Wildman–Crippen MR) is 104 cm³/mol. The van der Waals surface area contributed by atoms with Crippen LogP contribution in [0.5, 0.6) is 0 Å². The molecule has 152 valence electrons. The number of aromatic nitrogens is 2. The molecule has 0 radical (unpaired) electrons. The first-order valence-electron chi connectivity index (χ1n) is 11.0. The molecule has 4 heterocycles. The van der Waals surface area contributed by atoms with Crippen LogP contribution in [-0.4, -0.2) is 75.2 Å². The second-order valence-electron chi connectivity index (χ2n) is 8.89. The van der Waals surface area contributed by atoms with Crippen molar-refractivity contribution in [3.8, 4) is 0 Å². The van der Waals surface area contributed by atoms with Crippen LogP contribution in [0.1, 0.15) is 56.8 Å². The molecule has 0 aromatic carbocycles. The fourth-order valence-electron chi connectivity index (χ4n) is 5.65. The maximum atomic E-state index is 13.2. The molecule has 1 spiro atoms. The van der Waals surface area contributed by atoms with Gasteiger partial charge in [-0.15, -0.1) is 0 Å². The highest BCUT2D eigenvalue weighted by Gasteiger charge is 2.51. The van der Waals surface area contributed by atoms with E-state index in [1.54, 1.807) is 6.33 Å². The van der Waals surface area contributed by atoms with Crippen LogP contribution in [0.4, 0.5) is 0 Å². The Balaban J connectivity index is 1.37. The van der Waals surface area contributed by atoms with E-state index in [1.807, 2.05) is 4.90 Å². The number of H-pyrrole nitrogens is 1. The van der Waals surface area contributed by atoms with E-state index in [0.29, 0.717) is 19.0 Å². The Labute approximate surface area is 166 Å². The van der Waals surface area contributed by atoms with Crippen LogP contribution >= 0.6 is 0 Å². The maximum absolute atomic E-state index is 13.2. The first kappa shape index (κ1) is 18.2. The molecular weight excluding hydrogens is 354 g/mol. The molecule has 0 bridgehead atoms. The number of aromatic amines is 1. The van der Waals surface area contributed by atoms with Gasteiger partial charge in [0.25, 0.3) is 0 Å². The quantitative estimate of drug-likeness (QED) is 0.856. The summed E-state index contributed by atoms with van der Waals surface area (Å²) in [6.07, 6.45) is 8.36. The van der Waals surface area contributed by atoms with Crippen molar-refractivity contribution in [1.29, 1.82) is 0 Å². The number of likely N-dealkylation sites (tertiary alicyclic amines) is 2. The predicted octanol–water partition coefficient (Wildman–Crippen LogP) is 1.51. The number of piperidine rings is 1. The number of rotatable bonds is 3. The molecule has 1 unspecified atom stereocenters. The summed E-state index contributed by atoms with van der Waals surface area (Å²) >= 11 is 0. The van der Waals surface area contributed by atoms with Gasteiger partial charge in [-0.3, -0.25) is 14.5 Å². The summed E-state index contributed by atoms with van der Waals surface area (Å²) in [7, 11) is 0. The summed E-state index contributed by atoms with van der Waals surface area (Å²) in [5.41, 5.74) is 1.90. The fraction of sp³-hybridized carbons (Fsp3) is 0.762. The van der Waals surface area contributed by atoms with Crippen molar-refractivity contribution in [1.82, 2.24) is 24.7 Å². The highest BCUT2D eigenvalue weighted by Crippen LogP contribution is 2.45. The lowest BCUT2D eigenvalue weighted by Crippen LogP contribution is -2.60. The number of carbonyl (C=O) groups is 2. The molecule has 7 nitrogen and oxygen atoms in total. The van der Waals surface area contributed by atoms with Crippen LogP contribution in [0.2, 0.25) is 0 Å². The van der Waals surface area contributed by atoms with Gasteiger partial charge in [-0.1, -0.05) is 6.92 Å². The lowest BCUT2D eigenvalue weighted by atomic mass is 9.78. The third-order valence-corrected chi connectivity index (χ3v) is 7.41. The molecule has 4 aliphatic rings. The van der Waals surface area contributed by atoms with Crippen LogP contribution in [-0.2, 0) is 21.5 Å². The molecule has 1 saturated carbocycles. The van der Waals surface area contributed by atoms with Crippen molar-refractivity contribution in [3.05, 3.63) is 17.7 Å². The largest absolute Gasteiger partial charge is 0.348 e. The van der Waals surface area contributed by atoms with Gasteiger partial charge in [0.05, 0.1) is 23.6 Å². The summed E-state index contributed by atoms with van der Waals surface area (Å²) in [6.45, 7) is 6.31. The first-order valence-corrected chi connectivity index (χ1v) is 11.0. The van der Waals surface area contributed by atoms with Gasteiger partial charge in [0.1, 0.15) is 0 Å². The van der Waals surface area contributed by atoms with E-state index >= 15 is 0 Å². The molecule has 1 aromatic heterocycles. The van der Waals surface area contributed by atoms with E-state index in [4.69, 9.17) is 0 Å². The van der Waals surface area contributed by atoms with Gasteiger partial charge in [-0.2, -0.15) is 0 Å². The smallest absolute Gasteiger partial charge is 0.239 e. The Morgan fingerprint density at radius 2 is 1.93 bits per heavy atom. The number of amides is 2. The lowest BCUT2D eigenvalue weighted by molar-refractivity contribution is -0.147. The van der Waals surface area contributed by atoms with Crippen LogP contribution < -0.4 is 0 Å². The zero-order valence-corrected chi connectivity index (χ0v) is 16.8. The van der Waals surface area contributed by atoms with Gasteiger partial charge in [-0.05, 0) is 51.6 Å². The van der Waals surface area contributed by atoms with Gasteiger partial charge in [-0.25, -0.2) is 4.98 Å². The van der Waals surface area contributed by atoms with E-state index < -0.39 is 0 Å². The number of hydrogen-bond acceptors (Lipinski definition) is 4. The molecule has 2 saturated heterocycles. The Bertz CT molecular complexity index is 763. The standard InChI is InChI=1S/C21H31N5O2/c1-2-24-10-3-4-17(24)20(28)25-12-8-21(9-13-25)18-16(22-14-23-18)7-11-26(21)19(27)15-5-6-15/h14-15,17H,2-13H2,1H3,(H,22,23). The minimum atomic E-state index is -0.329. The molecule has 3 fully saturated rings. The summed E-state index contributed by atoms with van der Waals surface area (Å²) in [6, 6.07) is 0.0514. The van der Waals surface area contributed by atoms with Crippen LogP contribution in [0.25, 0.3) is 0 Å². The van der Waals surface area contributed by atoms with Gasteiger partial charge in [0.15, 0.2) is 0 Å². The molecule has 1 atom stereocenters. The van der Waals surface area contributed by atoms with E-state index in [0.717, 1.165) is 70.3 Å². The fourth-order valence-corrected chi connectivity index (χ4v) is 5.65. The number of likely N-dealkylation sites (N-methyl/N-ethyl adjacent to an activating group) is 1. The summed E-state index contributed by atoms with van der Waals surface area (Å²) in [5, 5.41) is 0. The first-order chi connectivity index (χ1) is 13.6. The van der Waals surface area contributed by atoms with Gasteiger partial charge in [0, 0.05) is 37.7 Å². The van der Waals surface area contributed by atoms with Crippen LogP contribution in [0.15, 0.2) is 6.33 Å². The number of imidazole rings is 1. The van der Waals surface area contributed by atoms with Gasteiger partial charge in [0.2, 0.25) is 11.8 Å². The third-order valence-electron chi connectivity index (χ3n) is 7.41. The van der Waals surface area contributed by atoms with Crippen LogP contribution in [0, 0.1) is 5.92 Å². The molecule has 3 aliphatic heterocycles. The van der Waals surface area contributed by atoms with Gasteiger partial charge >= 0.3 is 0 Å². The zero-order valence-electron chi connectivity index (χ0n) is 16.8. The molecule has 2 amide bonds. The highest BCUT2D eigenvalue weighted by molar-refractivity contribution is 5.83. The second kappa shape index (κ2) is 6.87. The van der Waals surface area contributed by atoms with Crippen molar-refractivity contribution < 1.29 is 9.59 Å². The Kier molecular flexibility index (Phi) is 4.45. The Hall–Kier alpha value is -1.89. The minimum absolute atomic E-state index is 0.0514. The topological polar surface area (TPSA) is 72.5 Å². The average molecular weight is 386 g/mol. The maximum Gasteiger partial charge on any atom is 0.239 e. The zero-order chi connectivity index (χ0) is 19.3. The van der Waals surface area contributed by atoms with Crippen molar-refractivity contribution >= 4 is 11.8 Å². The minimum Gasteiger partial charge on any atom is -0.348 e. The van der Waals surface area contributed by atoms with Crippen molar-refractivity contribution in [3.63, 3.8) is 0 Å². The molecular formula is C21H31N5O2. The second-order valence-corrected chi connectivity index (χ2v) is 8.89. The summed E-state index contributed by atoms with van der Waals surface area (Å²) in [4.78, 5) is 40.7. The molecule has 5 rings (SSSR count). The van der Waals surface area contributed by atoms with E-state index in [2.05, 4.69) is 26.7 Å². The molecule has 7 heteroatoms. The van der Waals surface area contributed by atoms with Crippen molar-refractivity contribution in [2.24, 2.45) is 5.92 Å². The van der Waals surface area contributed by atoms with E-state index in [-0.39, 0.29) is 23.4 Å². The molecule has 28 heavy (non-hydrogen) atoms. The molecule has 1 N–H and O–H groups in total. The number of hydrogen-bond donors (Lipinski definition) is 1. The average Bonchev–Trinajstić information content (AvgIpc) is 3.26. The SMILES string of the molecule is CCN1CCCC1C(=O)N1CCC2(CC1)c1nc[nH]c1CCN2C(=O)C1CC1. The van der Waals surface area contributed by atoms with Crippen molar-refractivity contribution in [2.75, 3.05) is 32.7 Å². The normalized spacial score (nSPS) is 27.2. The Morgan fingerprint density at radius 3 is 2.64 bits per heavy atom. The van der Waals surface area contributed by atoms with Gasteiger partial charge < -0.3 is 14.8 Å². The molecule has 1 aliphatic carbocycles. The van der Waals surface area contributed by atoms with E-state index in [9.17, 15) is 9.59 Å². The number of fused-ring (bicyclic) bond motifs is 2. The number of carbonyl (C=O) groups excluding carboxylic acids is 2. The monoisotopic (exact) mass is 385 g/mol. The van der Waals surface area contributed by atoms with E-state index in [1.165, 1.54) is 5.69 Å². The number of nitrogens with one attached hydrogen (secondary N) is 1. The highest BCUT2D eigenvalue weighted by atomic mass is 16.2. The Morgan fingerprint density at radius 1 is 1.14 bits per heavy atom. The number of nitrogens with zero attached hydrogens (tertiary/aromatic N) is 4. The van der Waals surface area contributed by atoms with Crippen LogP contribution in [0.3, 0.4) is 0 Å². The lowest BCUT2D eigenvalue weighted by Gasteiger charge is -2.51. The summed E-state index contributed by atoms with van der Waals surface area (Å²) < 4.78 is 0. The summed E-state index contributed by atoms with van der Waals surface area (Å²) in [5.74, 6) is 0.808. The molecule has 1 aromatic rings. The third kappa shape index (κ3) is 2.78.